The van der Waals surface area contributed by atoms with E-state index in [0.717, 1.165) is 23.1 Å². The number of ether oxygens (including phenoxy) is 1. The predicted molar refractivity (Wildman–Crippen MR) is 77.9 cm³/mol. The van der Waals surface area contributed by atoms with Crippen molar-refractivity contribution >= 4 is 17.0 Å². The van der Waals surface area contributed by atoms with Crippen LogP contribution in [0.1, 0.15) is 12.5 Å². The number of nitrogens with one attached hydrogen (secondary N) is 1. The topological polar surface area (TPSA) is 78.5 Å². The van der Waals surface area contributed by atoms with Crippen molar-refractivity contribution in [2.45, 2.75) is 19.5 Å². The third-order valence-electron chi connectivity index (χ3n) is 4.15. The second-order valence-electron chi connectivity index (χ2n) is 5.33. The summed E-state index contributed by atoms with van der Waals surface area (Å²) in [6.45, 7) is 4.30. The highest BCUT2D eigenvalue weighted by Crippen LogP contribution is 2.24. The summed E-state index contributed by atoms with van der Waals surface area (Å²) < 4.78 is 5.38. The second kappa shape index (κ2) is 5.83. The molecule has 0 aliphatic carbocycles. The van der Waals surface area contributed by atoms with Gasteiger partial charge in [-0.2, -0.15) is 0 Å². The van der Waals surface area contributed by atoms with E-state index < -0.39 is 11.9 Å². The molecule has 112 valence electrons. The molecule has 3 rings (SSSR count). The highest BCUT2D eigenvalue weighted by atomic mass is 16.5. The van der Waals surface area contributed by atoms with Crippen molar-refractivity contribution in [3.8, 4) is 0 Å². The Balaban J connectivity index is 1.82. The number of rotatable bonds is 5. The Labute approximate surface area is 122 Å². The van der Waals surface area contributed by atoms with Gasteiger partial charge in [-0.15, -0.1) is 0 Å². The molecule has 0 bridgehead atoms. The largest absolute Gasteiger partial charge is 0.481 e. The third-order valence-corrected chi connectivity index (χ3v) is 4.15. The number of likely N-dealkylation sites (N-methyl/N-ethyl adjacent to an activating group) is 1. The quantitative estimate of drug-likeness (QED) is 0.872. The molecule has 0 radical (unpaired) electrons. The lowest BCUT2D eigenvalue weighted by molar-refractivity contribution is -0.143. The maximum absolute atomic E-state index is 11.3. The summed E-state index contributed by atoms with van der Waals surface area (Å²) in [5.74, 6) is -1.23. The Morgan fingerprint density at radius 2 is 2.43 bits per heavy atom. The number of hydrogen-bond acceptors (Lipinski definition) is 4. The fourth-order valence-electron chi connectivity index (χ4n) is 2.96. The van der Waals surface area contributed by atoms with Gasteiger partial charge in [-0.05, 0) is 24.2 Å². The predicted octanol–water partition coefficient (Wildman–Crippen LogP) is 1.48. The van der Waals surface area contributed by atoms with E-state index in [1.54, 1.807) is 6.20 Å². The number of pyridine rings is 1. The van der Waals surface area contributed by atoms with Crippen LogP contribution in [0.3, 0.4) is 0 Å². The minimum Gasteiger partial charge on any atom is -0.481 e. The zero-order valence-corrected chi connectivity index (χ0v) is 12.0. The van der Waals surface area contributed by atoms with Crippen molar-refractivity contribution in [2.75, 3.05) is 19.8 Å². The highest BCUT2D eigenvalue weighted by molar-refractivity contribution is 5.79. The summed E-state index contributed by atoms with van der Waals surface area (Å²) in [7, 11) is 0. The molecule has 2 unspecified atom stereocenters. The number of fused-ring (bicyclic) bond motifs is 1. The van der Waals surface area contributed by atoms with Gasteiger partial charge in [0.1, 0.15) is 5.65 Å². The van der Waals surface area contributed by atoms with E-state index in [0.29, 0.717) is 19.8 Å². The molecule has 0 saturated carbocycles. The SMILES string of the molecule is CCN(Cc1c[nH]c2ncccc12)C1COCC1C(=O)O. The molecule has 21 heavy (non-hydrogen) atoms. The minimum absolute atomic E-state index is 0.0749. The molecule has 2 N–H and O–H groups in total. The number of nitrogens with zero attached hydrogens (tertiary/aromatic N) is 2. The normalized spacial score (nSPS) is 22.2. The first-order valence-corrected chi connectivity index (χ1v) is 7.16. The van der Waals surface area contributed by atoms with Crippen molar-refractivity contribution in [3.05, 3.63) is 30.1 Å². The van der Waals surface area contributed by atoms with Crippen molar-refractivity contribution in [2.24, 2.45) is 5.92 Å². The van der Waals surface area contributed by atoms with E-state index >= 15 is 0 Å². The van der Waals surface area contributed by atoms with E-state index in [2.05, 4.69) is 14.9 Å². The lowest BCUT2D eigenvalue weighted by Gasteiger charge is -2.28. The van der Waals surface area contributed by atoms with Crippen LogP contribution in [-0.4, -0.2) is 51.7 Å². The number of aliphatic carboxylic acids is 1. The van der Waals surface area contributed by atoms with Gasteiger partial charge in [0.05, 0.1) is 19.1 Å². The lowest BCUT2D eigenvalue weighted by atomic mass is 10.0. The van der Waals surface area contributed by atoms with Gasteiger partial charge in [0.15, 0.2) is 0 Å². The number of hydrogen-bond donors (Lipinski definition) is 2. The van der Waals surface area contributed by atoms with Crippen molar-refractivity contribution < 1.29 is 14.6 Å². The zero-order valence-electron chi connectivity index (χ0n) is 12.0. The van der Waals surface area contributed by atoms with Crippen LogP contribution in [0.4, 0.5) is 0 Å². The average molecular weight is 289 g/mol. The summed E-state index contributed by atoms with van der Waals surface area (Å²) in [4.78, 5) is 20.9. The number of carboxylic acids is 1. The van der Waals surface area contributed by atoms with Crippen LogP contribution < -0.4 is 0 Å². The minimum atomic E-state index is -0.781. The third kappa shape index (κ3) is 2.64. The molecule has 0 amide bonds. The van der Waals surface area contributed by atoms with E-state index in [1.165, 1.54) is 0 Å². The average Bonchev–Trinajstić information content (AvgIpc) is 3.12. The van der Waals surface area contributed by atoms with Crippen molar-refractivity contribution in [3.63, 3.8) is 0 Å². The van der Waals surface area contributed by atoms with Gasteiger partial charge in [0.25, 0.3) is 0 Å². The molecule has 0 aromatic carbocycles. The Bertz CT molecular complexity index is 640. The fraction of sp³-hybridized carbons (Fsp3) is 0.467. The van der Waals surface area contributed by atoms with Gasteiger partial charge in [-0.3, -0.25) is 9.69 Å². The van der Waals surface area contributed by atoms with Crippen LogP contribution in [0.2, 0.25) is 0 Å². The fourth-order valence-corrected chi connectivity index (χ4v) is 2.96. The Hall–Kier alpha value is -1.92. The first kappa shape index (κ1) is 14.0. The molecule has 1 aliphatic heterocycles. The molecule has 6 nitrogen and oxygen atoms in total. The molecule has 1 fully saturated rings. The van der Waals surface area contributed by atoms with Gasteiger partial charge in [-0.25, -0.2) is 4.98 Å². The smallest absolute Gasteiger partial charge is 0.310 e. The van der Waals surface area contributed by atoms with E-state index in [1.807, 2.05) is 25.3 Å². The molecule has 1 saturated heterocycles. The number of aromatic nitrogens is 2. The summed E-state index contributed by atoms with van der Waals surface area (Å²) in [6, 6.07) is 3.87. The maximum Gasteiger partial charge on any atom is 0.310 e. The van der Waals surface area contributed by atoms with Gasteiger partial charge < -0.3 is 14.8 Å². The molecule has 0 spiro atoms. The maximum atomic E-state index is 11.3. The summed E-state index contributed by atoms with van der Waals surface area (Å²) in [5, 5.41) is 10.4. The molecule has 2 aromatic heterocycles. The van der Waals surface area contributed by atoms with Crippen molar-refractivity contribution in [1.82, 2.24) is 14.9 Å². The molecule has 2 atom stereocenters. The first-order chi connectivity index (χ1) is 10.2. The van der Waals surface area contributed by atoms with E-state index in [-0.39, 0.29) is 6.04 Å². The van der Waals surface area contributed by atoms with Gasteiger partial charge in [0, 0.05) is 30.4 Å². The van der Waals surface area contributed by atoms with Gasteiger partial charge >= 0.3 is 5.97 Å². The highest BCUT2D eigenvalue weighted by Gasteiger charge is 2.37. The Kier molecular flexibility index (Phi) is 3.90. The van der Waals surface area contributed by atoms with Gasteiger partial charge in [-0.1, -0.05) is 6.92 Å². The van der Waals surface area contributed by atoms with Crippen molar-refractivity contribution in [1.29, 1.82) is 0 Å². The zero-order chi connectivity index (χ0) is 14.8. The molecular formula is C15H19N3O3. The first-order valence-electron chi connectivity index (χ1n) is 7.16. The number of aromatic amines is 1. The molecular weight excluding hydrogens is 270 g/mol. The Morgan fingerprint density at radius 3 is 3.19 bits per heavy atom. The van der Waals surface area contributed by atoms with E-state index in [4.69, 9.17) is 4.74 Å². The Morgan fingerprint density at radius 1 is 1.57 bits per heavy atom. The van der Waals surface area contributed by atoms with E-state index in [9.17, 15) is 9.90 Å². The number of carboxylic acid groups (broad SMARTS) is 1. The molecule has 1 aliphatic rings. The van der Waals surface area contributed by atoms with Crippen LogP contribution in [-0.2, 0) is 16.1 Å². The lowest BCUT2D eigenvalue weighted by Crippen LogP contribution is -2.42. The van der Waals surface area contributed by atoms with Crippen LogP contribution in [0.25, 0.3) is 11.0 Å². The summed E-state index contributed by atoms with van der Waals surface area (Å²) in [6.07, 6.45) is 3.71. The standard InChI is InChI=1S/C15H19N3O3/c1-2-18(13-9-21-8-12(13)15(19)20)7-10-6-17-14-11(10)4-3-5-16-14/h3-6,12-13H,2,7-9H2,1H3,(H,16,17)(H,19,20). The molecule has 6 heteroatoms. The summed E-state index contributed by atoms with van der Waals surface area (Å²) in [5.41, 5.74) is 2.00. The second-order valence-corrected chi connectivity index (χ2v) is 5.33. The number of carbonyl (C=O) groups is 1. The van der Waals surface area contributed by atoms with Gasteiger partial charge in [0.2, 0.25) is 0 Å². The number of H-pyrrole nitrogens is 1. The van der Waals surface area contributed by atoms with Crippen LogP contribution >= 0.6 is 0 Å². The molecule has 2 aromatic rings. The van der Waals surface area contributed by atoms with Crippen LogP contribution in [0, 0.1) is 5.92 Å². The molecule has 3 heterocycles. The van der Waals surface area contributed by atoms with Crippen LogP contribution in [0.5, 0.6) is 0 Å². The summed E-state index contributed by atoms with van der Waals surface area (Å²) >= 11 is 0. The van der Waals surface area contributed by atoms with Crippen LogP contribution in [0.15, 0.2) is 24.5 Å². The monoisotopic (exact) mass is 289 g/mol.